The van der Waals surface area contributed by atoms with Crippen molar-refractivity contribution in [3.8, 4) is 28.1 Å². The molecule has 168 valence electrons. The molecule has 0 aliphatic heterocycles. The third-order valence-corrected chi connectivity index (χ3v) is 7.39. The number of fused-ring (bicyclic) bond motifs is 1. The minimum atomic E-state index is -0.230. The van der Waals surface area contributed by atoms with Gasteiger partial charge in [-0.1, -0.05) is 71.7 Å². The highest BCUT2D eigenvalue weighted by molar-refractivity contribution is 7.21. The van der Waals surface area contributed by atoms with E-state index in [1.54, 1.807) is 25.3 Å². The number of rotatable bonds is 5. The van der Waals surface area contributed by atoms with Gasteiger partial charge >= 0.3 is 0 Å². The fourth-order valence-electron chi connectivity index (χ4n) is 3.89. The Morgan fingerprint density at radius 2 is 1.65 bits per heavy atom. The average molecular weight is 505 g/mol. The van der Waals surface area contributed by atoms with Crippen LogP contribution in [0.3, 0.4) is 0 Å². The molecule has 7 heteroatoms. The fourth-order valence-corrected chi connectivity index (χ4v) is 5.27. The summed E-state index contributed by atoms with van der Waals surface area (Å²) >= 11 is 13.5. The van der Waals surface area contributed by atoms with E-state index in [0.717, 1.165) is 27.8 Å². The Kier molecular flexibility index (Phi) is 6.00. The fraction of sp³-hybridized carbons (Fsp3) is 0.0370. The van der Waals surface area contributed by atoms with Gasteiger partial charge in [0.15, 0.2) is 0 Å². The molecule has 2 aromatic heterocycles. The van der Waals surface area contributed by atoms with E-state index in [1.165, 1.54) is 11.3 Å². The summed E-state index contributed by atoms with van der Waals surface area (Å²) < 4.78 is 5.63. The van der Waals surface area contributed by atoms with Crippen LogP contribution in [0.2, 0.25) is 10.0 Å². The van der Waals surface area contributed by atoms with E-state index >= 15 is 0 Å². The third-order valence-electron chi connectivity index (χ3n) is 5.55. The van der Waals surface area contributed by atoms with E-state index in [9.17, 15) is 4.79 Å². The number of carbonyl (C=O) groups excluding carboxylic acids is 1. The molecule has 0 bridgehead atoms. The number of pyridine rings is 1. The molecule has 5 aromatic rings. The molecule has 0 atom stereocenters. The van der Waals surface area contributed by atoms with Crippen LogP contribution in [-0.2, 0) is 0 Å². The van der Waals surface area contributed by atoms with Gasteiger partial charge < -0.3 is 10.5 Å². The molecule has 0 unspecified atom stereocenters. The molecule has 5 rings (SSSR count). The van der Waals surface area contributed by atoms with Crippen LogP contribution in [0, 0.1) is 0 Å². The summed E-state index contributed by atoms with van der Waals surface area (Å²) in [6.07, 6.45) is 0. The van der Waals surface area contributed by atoms with Crippen molar-refractivity contribution < 1.29 is 9.53 Å². The molecular weight excluding hydrogens is 487 g/mol. The number of nitrogens with two attached hydrogens (primary N) is 1. The minimum Gasteiger partial charge on any atom is -0.496 e. The number of nitrogens with zero attached hydrogens (tertiary/aromatic N) is 1. The van der Waals surface area contributed by atoms with Crippen molar-refractivity contribution in [2.45, 2.75) is 0 Å². The Bertz CT molecular complexity index is 1550. The first-order valence-electron chi connectivity index (χ1n) is 10.4. The summed E-state index contributed by atoms with van der Waals surface area (Å²) in [6.45, 7) is 0. The molecule has 34 heavy (non-hydrogen) atoms. The number of thiophene rings is 1. The number of aromatic nitrogens is 1. The number of ether oxygens (including phenoxy) is 1. The molecule has 2 heterocycles. The quantitative estimate of drug-likeness (QED) is 0.248. The Balaban J connectivity index is 1.78. The van der Waals surface area contributed by atoms with Crippen molar-refractivity contribution in [1.82, 2.24) is 4.98 Å². The highest BCUT2D eigenvalue weighted by Crippen LogP contribution is 2.44. The number of nitrogen functional groups attached to an aromatic ring is 1. The van der Waals surface area contributed by atoms with Crippen LogP contribution >= 0.6 is 34.5 Å². The van der Waals surface area contributed by atoms with Crippen LogP contribution < -0.4 is 10.5 Å². The Hall–Kier alpha value is -3.38. The number of para-hydroxylation sites is 1. The second-order valence-electron chi connectivity index (χ2n) is 7.60. The molecule has 0 aliphatic carbocycles. The molecule has 0 amide bonds. The van der Waals surface area contributed by atoms with Crippen LogP contribution in [0.4, 0.5) is 5.69 Å². The van der Waals surface area contributed by atoms with Gasteiger partial charge in [0.25, 0.3) is 0 Å². The molecule has 4 nitrogen and oxygen atoms in total. The summed E-state index contributed by atoms with van der Waals surface area (Å²) in [4.78, 5) is 19.4. The second kappa shape index (κ2) is 9.11. The van der Waals surface area contributed by atoms with Gasteiger partial charge in [0.05, 0.1) is 28.5 Å². The number of benzene rings is 3. The lowest BCUT2D eigenvalue weighted by Crippen LogP contribution is -2.02. The van der Waals surface area contributed by atoms with E-state index in [-0.39, 0.29) is 5.78 Å². The minimum absolute atomic E-state index is 0.230. The number of hydrogen-bond donors (Lipinski definition) is 1. The number of anilines is 1. The zero-order valence-electron chi connectivity index (χ0n) is 18.0. The zero-order valence-corrected chi connectivity index (χ0v) is 20.3. The van der Waals surface area contributed by atoms with Gasteiger partial charge in [0.2, 0.25) is 5.78 Å². The van der Waals surface area contributed by atoms with Crippen molar-refractivity contribution in [2.24, 2.45) is 0 Å². The summed E-state index contributed by atoms with van der Waals surface area (Å²) in [5, 5.41) is 1.42. The Morgan fingerprint density at radius 3 is 2.38 bits per heavy atom. The van der Waals surface area contributed by atoms with E-state index < -0.39 is 0 Å². The number of halogens is 2. The lowest BCUT2D eigenvalue weighted by atomic mass is 9.98. The largest absolute Gasteiger partial charge is 0.496 e. The van der Waals surface area contributed by atoms with E-state index in [0.29, 0.717) is 36.8 Å². The van der Waals surface area contributed by atoms with Gasteiger partial charge in [-0.05, 0) is 35.9 Å². The highest BCUT2D eigenvalue weighted by atomic mass is 35.5. The highest BCUT2D eigenvalue weighted by Gasteiger charge is 2.24. The number of carbonyl (C=O) groups is 1. The van der Waals surface area contributed by atoms with Crippen LogP contribution in [0.25, 0.3) is 32.6 Å². The van der Waals surface area contributed by atoms with Crippen molar-refractivity contribution in [3.63, 3.8) is 0 Å². The zero-order chi connectivity index (χ0) is 23.8. The van der Waals surface area contributed by atoms with E-state index in [4.69, 9.17) is 38.7 Å². The smallest absolute Gasteiger partial charge is 0.205 e. The molecule has 0 aliphatic rings. The summed E-state index contributed by atoms with van der Waals surface area (Å²) in [7, 11) is 1.63. The maximum absolute atomic E-state index is 13.4. The van der Waals surface area contributed by atoms with Crippen molar-refractivity contribution in [1.29, 1.82) is 0 Å². The second-order valence-corrected chi connectivity index (χ2v) is 9.42. The first kappa shape index (κ1) is 22.4. The molecule has 0 saturated carbocycles. The predicted molar refractivity (Wildman–Crippen MR) is 141 cm³/mol. The summed E-state index contributed by atoms with van der Waals surface area (Å²) in [6, 6.07) is 24.4. The van der Waals surface area contributed by atoms with Gasteiger partial charge in [-0.3, -0.25) is 4.79 Å². The van der Waals surface area contributed by atoms with Crippen LogP contribution in [0.1, 0.15) is 15.2 Å². The van der Waals surface area contributed by atoms with Crippen LogP contribution in [-0.4, -0.2) is 17.9 Å². The van der Waals surface area contributed by atoms with E-state index in [1.807, 2.05) is 60.7 Å². The van der Waals surface area contributed by atoms with Crippen LogP contribution in [0.5, 0.6) is 5.75 Å². The normalized spacial score (nSPS) is 11.0. The Labute approximate surface area is 210 Å². The first-order chi connectivity index (χ1) is 16.5. The number of ketones is 1. The van der Waals surface area contributed by atoms with Gasteiger partial charge in [-0.2, -0.15) is 0 Å². The molecule has 0 fully saturated rings. The maximum atomic E-state index is 13.4. The molecule has 2 N–H and O–H groups in total. The molecule has 0 radical (unpaired) electrons. The molecule has 0 spiro atoms. The monoisotopic (exact) mass is 504 g/mol. The maximum Gasteiger partial charge on any atom is 0.205 e. The molecule has 0 saturated heterocycles. The third kappa shape index (κ3) is 3.92. The summed E-state index contributed by atoms with van der Waals surface area (Å²) in [5.74, 6) is 0.475. The SMILES string of the molecule is COc1ccccc1-c1cc(-c2ccccc2)nc2sc(C(=O)c3ccc(Cl)c(Cl)c3)c(N)c12. The standard InChI is InChI=1S/C27H18Cl2N2O2S/c1-33-22-10-6-5-9-17(22)18-14-21(15-7-3-2-4-8-15)31-27-23(18)24(30)26(34-27)25(32)16-11-12-19(28)20(29)13-16/h2-14H,30H2,1H3. The van der Waals surface area contributed by atoms with Gasteiger partial charge in [-0.25, -0.2) is 4.98 Å². The van der Waals surface area contributed by atoms with Gasteiger partial charge in [-0.15, -0.1) is 11.3 Å². The first-order valence-corrected chi connectivity index (χ1v) is 12.0. The topological polar surface area (TPSA) is 65.2 Å². The predicted octanol–water partition coefficient (Wildman–Crippen LogP) is 7.76. The average Bonchev–Trinajstić information content (AvgIpc) is 3.21. The Morgan fingerprint density at radius 1 is 0.912 bits per heavy atom. The van der Waals surface area contributed by atoms with Gasteiger partial charge in [0.1, 0.15) is 15.5 Å². The van der Waals surface area contributed by atoms with Crippen molar-refractivity contribution in [2.75, 3.05) is 12.8 Å². The van der Waals surface area contributed by atoms with Crippen LogP contribution in [0.15, 0.2) is 78.9 Å². The molecular formula is C27H18Cl2N2O2S. The summed E-state index contributed by atoms with van der Waals surface area (Å²) in [5.41, 5.74) is 10.9. The number of hydrogen-bond acceptors (Lipinski definition) is 5. The van der Waals surface area contributed by atoms with E-state index in [2.05, 4.69) is 0 Å². The van der Waals surface area contributed by atoms with Crippen molar-refractivity contribution >= 4 is 56.2 Å². The number of methoxy groups -OCH3 is 1. The molecule has 3 aromatic carbocycles. The van der Waals surface area contributed by atoms with Crippen molar-refractivity contribution in [3.05, 3.63) is 99.3 Å². The lowest BCUT2D eigenvalue weighted by Gasteiger charge is -2.12. The lowest BCUT2D eigenvalue weighted by molar-refractivity contribution is 0.104. The van der Waals surface area contributed by atoms with Gasteiger partial charge in [0, 0.05) is 22.1 Å².